The maximum Gasteiger partial charge on any atom is 0.225 e. The van der Waals surface area contributed by atoms with Gasteiger partial charge in [0.25, 0.3) is 0 Å². The molecule has 25 heavy (non-hydrogen) atoms. The van der Waals surface area contributed by atoms with Crippen molar-refractivity contribution < 1.29 is 0 Å². The molecule has 1 saturated carbocycles. The van der Waals surface area contributed by atoms with Crippen LogP contribution in [0.15, 0.2) is 24.4 Å². The first kappa shape index (κ1) is 17.6. The zero-order chi connectivity index (χ0) is 17.8. The van der Waals surface area contributed by atoms with E-state index in [0.29, 0.717) is 24.5 Å². The van der Waals surface area contributed by atoms with Crippen LogP contribution in [0.25, 0.3) is 0 Å². The van der Waals surface area contributed by atoms with E-state index in [-0.39, 0.29) is 0 Å². The van der Waals surface area contributed by atoms with E-state index in [1.54, 1.807) is 6.20 Å². The molecule has 1 aliphatic carbocycles. The Morgan fingerprint density at radius 3 is 2.72 bits per heavy atom. The zero-order valence-corrected chi connectivity index (χ0v) is 15.7. The van der Waals surface area contributed by atoms with Gasteiger partial charge in [0.1, 0.15) is 5.82 Å². The number of rotatable bonds is 5. The van der Waals surface area contributed by atoms with Crippen molar-refractivity contribution in [1.82, 2.24) is 15.0 Å². The molecule has 0 aliphatic heterocycles. The lowest BCUT2D eigenvalue weighted by molar-refractivity contribution is 0.253. The largest absolute Gasteiger partial charge is 0.367 e. The first-order valence-corrected chi connectivity index (χ1v) is 9.30. The highest BCUT2D eigenvalue weighted by atomic mass is 15.2. The first-order chi connectivity index (χ1) is 12.0. The summed E-state index contributed by atoms with van der Waals surface area (Å²) in [5, 5.41) is 7.00. The van der Waals surface area contributed by atoms with Gasteiger partial charge in [-0.1, -0.05) is 32.8 Å². The monoisotopic (exact) mass is 339 g/mol. The van der Waals surface area contributed by atoms with Gasteiger partial charge in [-0.15, -0.1) is 0 Å². The van der Waals surface area contributed by atoms with Crippen molar-refractivity contribution in [2.75, 3.05) is 10.6 Å². The molecule has 3 unspecified atom stereocenters. The molecule has 0 saturated heterocycles. The number of hydrogen-bond donors (Lipinski definition) is 2. The minimum absolute atomic E-state index is 0.486. The summed E-state index contributed by atoms with van der Waals surface area (Å²) in [6.07, 6.45) is 5.64. The summed E-state index contributed by atoms with van der Waals surface area (Å²) < 4.78 is 0. The third-order valence-corrected chi connectivity index (χ3v) is 5.57. The highest BCUT2D eigenvalue weighted by molar-refractivity contribution is 5.50. The molecule has 134 valence electrons. The summed E-state index contributed by atoms with van der Waals surface area (Å²) in [6.45, 7) is 9.47. The molecule has 0 amide bonds. The zero-order valence-electron chi connectivity index (χ0n) is 15.7. The minimum Gasteiger partial charge on any atom is -0.367 e. The molecule has 2 N–H and O–H groups in total. The van der Waals surface area contributed by atoms with Gasteiger partial charge >= 0.3 is 0 Å². The molecule has 3 rings (SSSR count). The van der Waals surface area contributed by atoms with Gasteiger partial charge in [0.2, 0.25) is 5.95 Å². The fourth-order valence-electron chi connectivity index (χ4n) is 3.48. The normalized spacial score (nSPS) is 23.3. The summed E-state index contributed by atoms with van der Waals surface area (Å²) >= 11 is 0. The van der Waals surface area contributed by atoms with Crippen LogP contribution in [-0.2, 0) is 6.54 Å². The fraction of sp³-hybridized carbons (Fsp3) is 0.550. The predicted octanol–water partition coefficient (Wildman–Crippen LogP) is 4.34. The second kappa shape index (κ2) is 7.81. The Bertz CT molecular complexity index is 701. The van der Waals surface area contributed by atoms with Gasteiger partial charge in [-0.05, 0) is 44.2 Å². The highest BCUT2D eigenvalue weighted by Gasteiger charge is 2.27. The van der Waals surface area contributed by atoms with Crippen molar-refractivity contribution in [3.8, 4) is 0 Å². The Hall–Kier alpha value is -2.17. The molecule has 0 aromatic carbocycles. The molecule has 5 heteroatoms. The Balaban J connectivity index is 1.74. The van der Waals surface area contributed by atoms with Crippen molar-refractivity contribution in [3.05, 3.63) is 41.3 Å². The Labute approximate surface area is 150 Å². The van der Waals surface area contributed by atoms with Crippen LogP contribution in [0.5, 0.6) is 0 Å². The number of anilines is 2. The second-order valence-corrected chi connectivity index (χ2v) is 7.30. The number of pyridine rings is 1. The minimum atomic E-state index is 0.486. The van der Waals surface area contributed by atoms with E-state index < -0.39 is 0 Å². The van der Waals surface area contributed by atoms with Crippen LogP contribution in [0, 0.1) is 25.7 Å². The predicted molar refractivity (Wildman–Crippen MR) is 103 cm³/mol. The van der Waals surface area contributed by atoms with Crippen LogP contribution in [0.4, 0.5) is 11.8 Å². The van der Waals surface area contributed by atoms with E-state index >= 15 is 0 Å². The molecule has 2 aromatic rings. The summed E-state index contributed by atoms with van der Waals surface area (Å²) in [7, 11) is 0. The first-order valence-electron chi connectivity index (χ1n) is 9.30. The number of nitrogens with one attached hydrogen (secondary N) is 2. The van der Waals surface area contributed by atoms with Crippen molar-refractivity contribution >= 4 is 11.8 Å². The van der Waals surface area contributed by atoms with Crippen LogP contribution in [0.3, 0.4) is 0 Å². The van der Waals surface area contributed by atoms with Gasteiger partial charge in [-0.3, -0.25) is 4.98 Å². The van der Waals surface area contributed by atoms with Gasteiger partial charge in [0, 0.05) is 23.5 Å². The standard InChI is InChI=1S/C20H29N5/c1-13-8-7-10-18(14(13)2)24-19-15(3)16(4)23-20(25-19)22-12-17-9-5-6-11-21-17/h5-6,9,11,13-14,18H,7-8,10,12H2,1-4H3,(H2,22,23,24,25). The van der Waals surface area contributed by atoms with Crippen LogP contribution in [0.2, 0.25) is 0 Å². The van der Waals surface area contributed by atoms with E-state index in [9.17, 15) is 0 Å². The van der Waals surface area contributed by atoms with Gasteiger partial charge in [0.05, 0.1) is 12.2 Å². The molecular weight excluding hydrogens is 310 g/mol. The van der Waals surface area contributed by atoms with Gasteiger partial charge < -0.3 is 10.6 Å². The van der Waals surface area contributed by atoms with E-state index in [4.69, 9.17) is 4.98 Å². The number of nitrogens with zero attached hydrogens (tertiary/aromatic N) is 3. The molecule has 2 heterocycles. The third-order valence-electron chi connectivity index (χ3n) is 5.57. The average Bonchev–Trinajstić information content (AvgIpc) is 2.62. The van der Waals surface area contributed by atoms with Crippen molar-refractivity contribution in [3.63, 3.8) is 0 Å². The highest BCUT2D eigenvalue weighted by Crippen LogP contribution is 2.32. The lowest BCUT2D eigenvalue weighted by Gasteiger charge is -2.35. The number of hydrogen-bond acceptors (Lipinski definition) is 5. The maximum atomic E-state index is 4.74. The van der Waals surface area contributed by atoms with Crippen LogP contribution in [-0.4, -0.2) is 21.0 Å². The molecule has 5 nitrogen and oxygen atoms in total. The van der Waals surface area contributed by atoms with E-state index in [1.165, 1.54) is 19.3 Å². The topological polar surface area (TPSA) is 62.7 Å². The Kier molecular flexibility index (Phi) is 5.51. The summed E-state index contributed by atoms with van der Waals surface area (Å²) in [5.41, 5.74) is 3.12. The molecule has 0 radical (unpaired) electrons. The summed E-state index contributed by atoms with van der Waals surface area (Å²) in [6, 6.07) is 6.40. The van der Waals surface area contributed by atoms with E-state index in [0.717, 1.165) is 28.7 Å². The van der Waals surface area contributed by atoms with Crippen LogP contribution < -0.4 is 10.6 Å². The van der Waals surface area contributed by atoms with Crippen molar-refractivity contribution in [2.24, 2.45) is 11.8 Å². The van der Waals surface area contributed by atoms with Crippen molar-refractivity contribution in [2.45, 2.75) is 59.5 Å². The third kappa shape index (κ3) is 4.27. The van der Waals surface area contributed by atoms with Crippen molar-refractivity contribution in [1.29, 1.82) is 0 Å². The molecule has 1 fully saturated rings. The van der Waals surface area contributed by atoms with Gasteiger partial charge in [-0.2, -0.15) is 4.98 Å². The molecular formula is C20H29N5. The Morgan fingerprint density at radius 1 is 1.12 bits per heavy atom. The number of aromatic nitrogens is 3. The molecule has 1 aliphatic rings. The van der Waals surface area contributed by atoms with Crippen LogP contribution >= 0.6 is 0 Å². The van der Waals surface area contributed by atoms with E-state index in [2.05, 4.69) is 41.4 Å². The van der Waals surface area contributed by atoms with Gasteiger partial charge in [-0.25, -0.2) is 4.98 Å². The smallest absolute Gasteiger partial charge is 0.225 e. The molecule has 3 atom stereocenters. The average molecular weight is 339 g/mol. The van der Waals surface area contributed by atoms with Crippen LogP contribution in [0.1, 0.15) is 50.1 Å². The maximum absolute atomic E-state index is 4.74. The molecule has 0 bridgehead atoms. The molecule has 2 aromatic heterocycles. The molecule has 0 spiro atoms. The SMILES string of the molecule is Cc1nc(NCc2ccccn2)nc(NC2CCCC(C)C2C)c1C. The lowest BCUT2D eigenvalue weighted by Crippen LogP contribution is -2.35. The quantitative estimate of drug-likeness (QED) is 0.848. The summed E-state index contributed by atoms with van der Waals surface area (Å²) in [4.78, 5) is 13.7. The van der Waals surface area contributed by atoms with Gasteiger partial charge in [0.15, 0.2) is 0 Å². The fourth-order valence-corrected chi connectivity index (χ4v) is 3.48. The second-order valence-electron chi connectivity index (χ2n) is 7.30. The number of aryl methyl sites for hydroxylation is 1. The van der Waals surface area contributed by atoms with E-state index in [1.807, 2.05) is 25.1 Å². The Morgan fingerprint density at radius 2 is 1.96 bits per heavy atom. The summed E-state index contributed by atoms with van der Waals surface area (Å²) in [5.74, 6) is 3.04. The lowest BCUT2D eigenvalue weighted by atomic mass is 9.78.